The van der Waals surface area contributed by atoms with Gasteiger partial charge < -0.3 is 9.47 Å². The maximum Gasteiger partial charge on any atom is 0.410 e. The number of hydrogen-bond donors (Lipinski definition) is 0. The molecule has 0 aliphatic carbocycles. The Kier molecular flexibility index (Phi) is 5.71. The van der Waals surface area contributed by atoms with Gasteiger partial charge in [-0.15, -0.1) is 0 Å². The van der Waals surface area contributed by atoms with Gasteiger partial charge >= 0.3 is 6.09 Å². The van der Waals surface area contributed by atoms with Crippen LogP contribution in [0.2, 0.25) is 0 Å². The number of nitriles is 1. The molecule has 150 valence electrons. The number of halogens is 1. The van der Waals surface area contributed by atoms with E-state index in [9.17, 15) is 14.0 Å². The second kappa shape index (κ2) is 7.88. The fraction of sp³-hybridized carbons (Fsp3) is 0.571. The lowest BCUT2D eigenvalue weighted by Gasteiger charge is -2.47. The van der Waals surface area contributed by atoms with Gasteiger partial charge in [0.05, 0.1) is 36.9 Å². The highest BCUT2D eigenvalue weighted by atomic mass is 19.1. The van der Waals surface area contributed by atoms with Crippen LogP contribution in [-0.4, -0.2) is 47.7 Å². The molecule has 1 aromatic carbocycles. The lowest BCUT2D eigenvalue weighted by molar-refractivity contribution is -0.131. The van der Waals surface area contributed by atoms with E-state index in [2.05, 4.69) is 0 Å². The number of fused-ring (bicyclic) bond motifs is 2. The number of carbonyl (C=O) groups is 2. The second-order valence-electron chi connectivity index (χ2n) is 8.46. The highest BCUT2D eigenvalue weighted by Gasteiger charge is 2.45. The van der Waals surface area contributed by atoms with Crippen LogP contribution in [0.4, 0.5) is 9.18 Å². The maximum absolute atomic E-state index is 14.1. The molecule has 28 heavy (non-hydrogen) atoms. The van der Waals surface area contributed by atoms with E-state index in [1.807, 2.05) is 26.8 Å². The summed E-state index contributed by atoms with van der Waals surface area (Å²) in [6.45, 7) is 6.19. The summed E-state index contributed by atoms with van der Waals surface area (Å²) in [6.07, 6.45) is 0.559. The van der Waals surface area contributed by atoms with E-state index < -0.39 is 11.4 Å². The predicted octanol–water partition coefficient (Wildman–Crippen LogP) is 3.22. The number of piperidine rings is 1. The molecule has 0 radical (unpaired) electrons. The zero-order valence-corrected chi connectivity index (χ0v) is 16.4. The van der Waals surface area contributed by atoms with Crippen LogP contribution >= 0.6 is 0 Å². The zero-order chi connectivity index (χ0) is 20.5. The van der Waals surface area contributed by atoms with E-state index in [1.54, 1.807) is 4.90 Å². The molecule has 2 aliphatic rings. The van der Waals surface area contributed by atoms with Crippen molar-refractivity contribution < 1.29 is 23.5 Å². The van der Waals surface area contributed by atoms with Gasteiger partial charge in [0, 0.05) is 12.3 Å². The minimum Gasteiger partial charge on any atom is -0.444 e. The Bertz CT molecular complexity index is 798. The summed E-state index contributed by atoms with van der Waals surface area (Å²) < 4.78 is 25.2. The summed E-state index contributed by atoms with van der Waals surface area (Å²) in [7, 11) is 0. The Morgan fingerprint density at radius 1 is 1.29 bits per heavy atom. The lowest BCUT2D eigenvalue weighted by atomic mass is 9.81. The van der Waals surface area contributed by atoms with Crippen molar-refractivity contribution in [3.63, 3.8) is 0 Å². The minimum atomic E-state index is -0.591. The van der Waals surface area contributed by atoms with Crippen molar-refractivity contribution >= 4 is 11.9 Å². The van der Waals surface area contributed by atoms with Crippen LogP contribution in [-0.2, 0) is 20.7 Å². The van der Waals surface area contributed by atoms with Gasteiger partial charge in [0.25, 0.3) is 0 Å². The SMILES string of the molecule is CC(C)(C)OC(=O)N1C2COCC1CC(C(=O)Cc1ccc(C#N)cc1F)C2. The maximum atomic E-state index is 14.1. The Hall–Kier alpha value is -2.46. The molecular formula is C21H25FN2O4. The Morgan fingerprint density at radius 2 is 1.93 bits per heavy atom. The number of ketones is 1. The topological polar surface area (TPSA) is 79.6 Å². The molecule has 1 amide bonds. The summed E-state index contributed by atoms with van der Waals surface area (Å²) in [5.74, 6) is -0.848. The first-order valence-corrected chi connectivity index (χ1v) is 9.48. The molecule has 1 aromatic rings. The number of rotatable bonds is 3. The summed E-state index contributed by atoms with van der Waals surface area (Å²) in [5.41, 5.74) is -0.0718. The quantitative estimate of drug-likeness (QED) is 0.794. The first-order valence-electron chi connectivity index (χ1n) is 9.48. The summed E-state index contributed by atoms with van der Waals surface area (Å²) in [6, 6.07) is 5.60. The third-order valence-electron chi connectivity index (χ3n) is 5.13. The van der Waals surface area contributed by atoms with Crippen molar-refractivity contribution in [1.29, 1.82) is 5.26 Å². The van der Waals surface area contributed by atoms with Gasteiger partial charge in [-0.25, -0.2) is 9.18 Å². The molecule has 6 nitrogen and oxygen atoms in total. The molecule has 2 unspecified atom stereocenters. The van der Waals surface area contributed by atoms with Gasteiger partial charge in [-0.3, -0.25) is 9.69 Å². The molecule has 0 saturated carbocycles. The lowest BCUT2D eigenvalue weighted by Crippen LogP contribution is -2.60. The zero-order valence-electron chi connectivity index (χ0n) is 16.4. The van der Waals surface area contributed by atoms with Gasteiger partial charge in [0.2, 0.25) is 0 Å². The second-order valence-corrected chi connectivity index (χ2v) is 8.46. The van der Waals surface area contributed by atoms with E-state index in [-0.39, 0.29) is 41.9 Å². The first kappa shape index (κ1) is 20.3. The monoisotopic (exact) mass is 388 g/mol. The molecule has 2 fully saturated rings. The van der Waals surface area contributed by atoms with Crippen molar-refractivity contribution in [2.45, 2.75) is 57.7 Å². The molecule has 7 heteroatoms. The van der Waals surface area contributed by atoms with Crippen LogP contribution in [0.25, 0.3) is 0 Å². The Morgan fingerprint density at radius 3 is 2.46 bits per heavy atom. The van der Waals surface area contributed by atoms with Gasteiger partial charge in [-0.2, -0.15) is 5.26 Å². The molecule has 2 heterocycles. The number of amides is 1. The van der Waals surface area contributed by atoms with Gasteiger partial charge in [-0.05, 0) is 51.3 Å². The van der Waals surface area contributed by atoms with E-state index in [1.165, 1.54) is 12.1 Å². The predicted molar refractivity (Wildman–Crippen MR) is 99.0 cm³/mol. The summed E-state index contributed by atoms with van der Waals surface area (Å²) >= 11 is 0. The number of benzene rings is 1. The van der Waals surface area contributed by atoms with Crippen LogP contribution in [0.15, 0.2) is 18.2 Å². The van der Waals surface area contributed by atoms with Crippen molar-refractivity contribution in [3.05, 3.63) is 35.1 Å². The van der Waals surface area contributed by atoms with Crippen molar-refractivity contribution in [1.82, 2.24) is 4.90 Å². The average Bonchev–Trinajstić information content (AvgIpc) is 2.60. The molecule has 0 N–H and O–H groups in total. The van der Waals surface area contributed by atoms with Gasteiger partial charge in [0.15, 0.2) is 0 Å². The van der Waals surface area contributed by atoms with E-state index in [4.69, 9.17) is 14.7 Å². The van der Waals surface area contributed by atoms with Crippen LogP contribution in [0.1, 0.15) is 44.7 Å². The van der Waals surface area contributed by atoms with E-state index in [0.717, 1.165) is 6.07 Å². The number of nitrogens with zero attached hydrogens (tertiary/aromatic N) is 2. The molecule has 3 rings (SSSR count). The normalized spacial score (nSPS) is 24.4. The van der Waals surface area contributed by atoms with Crippen molar-refractivity contribution in [2.24, 2.45) is 5.92 Å². The molecule has 0 aromatic heterocycles. The third-order valence-corrected chi connectivity index (χ3v) is 5.13. The number of morpholine rings is 1. The van der Waals surface area contributed by atoms with Gasteiger partial charge in [0.1, 0.15) is 17.2 Å². The molecule has 2 saturated heterocycles. The van der Waals surface area contributed by atoms with Crippen LogP contribution in [0.3, 0.4) is 0 Å². The highest BCUT2D eigenvalue weighted by Crippen LogP contribution is 2.34. The van der Waals surface area contributed by atoms with Crippen LogP contribution in [0.5, 0.6) is 0 Å². The number of carbonyl (C=O) groups excluding carboxylic acids is 2. The average molecular weight is 388 g/mol. The minimum absolute atomic E-state index is 0.0189. The van der Waals surface area contributed by atoms with Crippen LogP contribution < -0.4 is 0 Å². The largest absolute Gasteiger partial charge is 0.444 e. The smallest absolute Gasteiger partial charge is 0.410 e. The molecule has 2 bridgehead atoms. The fourth-order valence-electron chi connectivity index (χ4n) is 3.88. The third kappa shape index (κ3) is 4.50. The Balaban J connectivity index is 1.69. The Labute approximate surface area is 164 Å². The molecule has 0 spiro atoms. The summed E-state index contributed by atoms with van der Waals surface area (Å²) in [4.78, 5) is 27.1. The van der Waals surface area contributed by atoms with Crippen molar-refractivity contribution in [2.75, 3.05) is 13.2 Å². The van der Waals surface area contributed by atoms with E-state index >= 15 is 0 Å². The molecular weight excluding hydrogens is 363 g/mol. The van der Waals surface area contributed by atoms with Crippen molar-refractivity contribution in [3.8, 4) is 6.07 Å². The number of ether oxygens (including phenoxy) is 2. The standard InChI is InChI=1S/C21H25FN2O4/c1-21(2,3)28-20(26)24-16-7-15(8-17(24)12-27-11-16)19(25)9-14-5-4-13(10-23)6-18(14)22/h4-6,15-17H,7-9,11-12H2,1-3H3. The first-order chi connectivity index (χ1) is 13.2. The van der Waals surface area contributed by atoms with Crippen LogP contribution in [0, 0.1) is 23.1 Å². The molecule has 2 atom stereocenters. The number of hydrogen-bond acceptors (Lipinski definition) is 5. The summed E-state index contributed by atoms with van der Waals surface area (Å²) in [5, 5.41) is 8.83. The fourth-order valence-corrected chi connectivity index (χ4v) is 3.88. The molecule has 2 aliphatic heterocycles. The van der Waals surface area contributed by atoms with E-state index in [0.29, 0.717) is 31.6 Å². The highest BCUT2D eigenvalue weighted by molar-refractivity contribution is 5.84. The number of Topliss-reactive ketones (excluding diaryl/α,β-unsaturated/α-hetero) is 1. The van der Waals surface area contributed by atoms with Gasteiger partial charge in [-0.1, -0.05) is 6.07 Å².